The first-order valence-electron chi connectivity index (χ1n) is 4.95. The van der Waals surface area contributed by atoms with E-state index in [1.165, 1.54) is 7.05 Å². The van der Waals surface area contributed by atoms with Gasteiger partial charge in [0.25, 0.3) is 10.2 Å². The van der Waals surface area contributed by atoms with Crippen molar-refractivity contribution in [3.05, 3.63) is 35.4 Å². The molecule has 0 unspecified atom stereocenters. The SMILES string of the molecule is CNS(=O)(=O)NCc1ccccc1C#CCO. The number of benzene rings is 1. The van der Waals surface area contributed by atoms with Crippen LogP contribution in [0, 0.1) is 11.8 Å². The molecule has 3 N–H and O–H groups in total. The van der Waals surface area contributed by atoms with Crippen molar-refractivity contribution in [3.63, 3.8) is 0 Å². The van der Waals surface area contributed by atoms with Crippen LogP contribution in [-0.4, -0.2) is 27.2 Å². The topological polar surface area (TPSA) is 78.4 Å². The first-order valence-corrected chi connectivity index (χ1v) is 6.43. The van der Waals surface area contributed by atoms with Crippen LogP contribution in [0.4, 0.5) is 0 Å². The standard InChI is InChI=1S/C11H14N2O3S/c1-12-17(15,16)13-9-11-6-3-2-5-10(11)7-4-8-14/h2-3,5-6,12-14H,8-9H2,1H3. The summed E-state index contributed by atoms with van der Waals surface area (Å²) >= 11 is 0. The molecule has 0 aliphatic rings. The maximum absolute atomic E-state index is 11.2. The minimum atomic E-state index is -3.45. The molecular formula is C11H14N2O3S. The molecule has 0 heterocycles. The van der Waals surface area contributed by atoms with Gasteiger partial charge < -0.3 is 5.11 Å². The lowest BCUT2D eigenvalue weighted by molar-refractivity contribution is 0.350. The highest BCUT2D eigenvalue weighted by Crippen LogP contribution is 2.07. The van der Waals surface area contributed by atoms with E-state index < -0.39 is 10.2 Å². The van der Waals surface area contributed by atoms with E-state index in [9.17, 15) is 8.42 Å². The van der Waals surface area contributed by atoms with Gasteiger partial charge in [0.2, 0.25) is 0 Å². The average Bonchev–Trinajstić information content (AvgIpc) is 2.35. The van der Waals surface area contributed by atoms with Gasteiger partial charge in [0.05, 0.1) is 0 Å². The van der Waals surface area contributed by atoms with E-state index in [0.717, 1.165) is 5.56 Å². The minimum absolute atomic E-state index is 0.152. The second-order valence-electron chi connectivity index (χ2n) is 3.15. The summed E-state index contributed by atoms with van der Waals surface area (Å²) in [7, 11) is -2.12. The Morgan fingerprint density at radius 2 is 2.06 bits per heavy atom. The van der Waals surface area contributed by atoms with Gasteiger partial charge >= 0.3 is 0 Å². The van der Waals surface area contributed by atoms with Crippen LogP contribution in [0.5, 0.6) is 0 Å². The molecule has 92 valence electrons. The lowest BCUT2D eigenvalue weighted by Gasteiger charge is -2.06. The van der Waals surface area contributed by atoms with E-state index in [1.807, 2.05) is 0 Å². The molecule has 1 aromatic rings. The highest BCUT2D eigenvalue weighted by molar-refractivity contribution is 7.87. The molecule has 0 amide bonds. The van der Waals surface area contributed by atoms with Crippen LogP contribution >= 0.6 is 0 Å². The number of aliphatic hydroxyl groups is 1. The fourth-order valence-electron chi connectivity index (χ4n) is 1.18. The first kappa shape index (κ1) is 13.7. The van der Waals surface area contributed by atoms with Gasteiger partial charge in [0.1, 0.15) is 6.61 Å². The molecule has 0 aliphatic carbocycles. The molecule has 5 nitrogen and oxygen atoms in total. The Morgan fingerprint density at radius 1 is 1.35 bits per heavy atom. The van der Waals surface area contributed by atoms with Gasteiger partial charge in [-0.05, 0) is 11.6 Å². The largest absolute Gasteiger partial charge is 0.384 e. The molecule has 0 aliphatic heterocycles. The van der Waals surface area contributed by atoms with Crippen molar-refractivity contribution in [2.45, 2.75) is 6.54 Å². The quantitative estimate of drug-likeness (QED) is 0.639. The zero-order valence-electron chi connectivity index (χ0n) is 9.40. The van der Waals surface area contributed by atoms with Crippen molar-refractivity contribution in [3.8, 4) is 11.8 Å². The van der Waals surface area contributed by atoms with Crippen LogP contribution in [0.2, 0.25) is 0 Å². The zero-order chi connectivity index (χ0) is 12.7. The predicted octanol–water partition coefficient (Wildman–Crippen LogP) is -0.416. The minimum Gasteiger partial charge on any atom is -0.384 e. The van der Waals surface area contributed by atoms with Crippen LogP contribution in [-0.2, 0) is 16.8 Å². The number of hydrogen-bond acceptors (Lipinski definition) is 3. The third-order valence-corrected chi connectivity index (χ3v) is 3.10. The lowest BCUT2D eigenvalue weighted by atomic mass is 10.1. The van der Waals surface area contributed by atoms with Gasteiger partial charge in [-0.1, -0.05) is 30.0 Å². The zero-order valence-corrected chi connectivity index (χ0v) is 10.2. The second kappa shape index (κ2) is 6.37. The number of hydrogen-bond donors (Lipinski definition) is 3. The van der Waals surface area contributed by atoms with E-state index in [0.29, 0.717) is 5.56 Å². The second-order valence-corrected chi connectivity index (χ2v) is 4.85. The maximum Gasteiger partial charge on any atom is 0.276 e. The molecule has 1 aromatic carbocycles. The van der Waals surface area contributed by atoms with Crippen molar-refractivity contribution < 1.29 is 13.5 Å². The molecule has 0 spiro atoms. The molecule has 0 aromatic heterocycles. The van der Waals surface area contributed by atoms with Crippen molar-refractivity contribution in [2.24, 2.45) is 0 Å². The van der Waals surface area contributed by atoms with Crippen LogP contribution < -0.4 is 9.44 Å². The molecular weight excluding hydrogens is 240 g/mol. The van der Waals surface area contributed by atoms with Gasteiger partial charge in [-0.3, -0.25) is 0 Å². The van der Waals surface area contributed by atoms with E-state index in [2.05, 4.69) is 21.3 Å². The third-order valence-electron chi connectivity index (χ3n) is 2.04. The molecule has 6 heteroatoms. The smallest absolute Gasteiger partial charge is 0.276 e. The fourth-order valence-corrected chi connectivity index (χ4v) is 1.67. The number of nitrogens with one attached hydrogen (secondary N) is 2. The molecule has 1 rings (SSSR count). The summed E-state index contributed by atoms with van der Waals surface area (Å²) in [4.78, 5) is 0. The predicted molar refractivity (Wildman–Crippen MR) is 65.2 cm³/mol. The number of aliphatic hydroxyl groups excluding tert-OH is 1. The van der Waals surface area contributed by atoms with E-state index in [1.54, 1.807) is 24.3 Å². The molecule has 0 saturated heterocycles. The average molecular weight is 254 g/mol. The summed E-state index contributed by atoms with van der Waals surface area (Å²) in [6, 6.07) is 7.15. The highest BCUT2D eigenvalue weighted by atomic mass is 32.2. The summed E-state index contributed by atoms with van der Waals surface area (Å²) < 4.78 is 26.9. The van der Waals surface area contributed by atoms with Crippen molar-refractivity contribution in [1.29, 1.82) is 0 Å². The van der Waals surface area contributed by atoms with E-state index >= 15 is 0 Å². The highest BCUT2D eigenvalue weighted by Gasteiger charge is 2.06. The van der Waals surface area contributed by atoms with Crippen molar-refractivity contribution in [1.82, 2.24) is 9.44 Å². The molecule has 0 bridgehead atoms. The molecule has 0 radical (unpaired) electrons. The van der Waals surface area contributed by atoms with Gasteiger partial charge in [-0.25, -0.2) is 4.72 Å². The Morgan fingerprint density at radius 3 is 2.71 bits per heavy atom. The number of rotatable bonds is 4. The van der Waals surface area contributed by atoms with E-state index in [4.69, 9.17) is 5.11 Å². The van der Waals surface area contributed by atoms with Crippen LogP contribution in [0.25, 0.3) is 0 Å². The molecule has 0 saturated carbocycles. The summed E-state index contributed by atoms with van der Waals surface area (Å²) in [5.41, 5.74) is 1.45. The first-order chi connectivity index (χ1) is 8.09. The Bertz CT molecular complexity index is 529. The van der Waals surface area contributed by atoms with Gasteiger partial charge in [0.15, 0.2) is 0 Å². The summed E-state index contributed by atoms with van der Waals surface area (Å²) in [5, 5.41) is 8.62. The fraction of sp³-hybridized carbons (Fsp3) is 0.273. The Hall–Kier alpha value is -1.39. The van der Waals surface area contributed by atoms with Gasteiger partial charge in [-0.2, -0.15) is 13.1 Å². The van der Waals surface area contributed by atoms with Crippen molar-refractivity contribution >= 4 is 10.2 Å². The molecule has 0 atom stereocenters. The van der Waals surface area contributed by atoms with E-state index in [-0.39, 0.29) is 13.2 Å². The Balaban J connectivity index is 2.84. The summed E-state index contributed by atoms with van der Waals surface area (Å²) in [6.07, 6.45) is 0. The molecule has 17 heavy (non-hydrogen) atoms. The third kappa shape index (κ3) is 4.54. The lowest BCUT2D eigenvalue weighted by Crippen LogP contribution is -2.33. The Labute approximate surface area is 101 Å². The van der Waals surface area contributed by atoms with Crippen LogP contribution in [0.1, 0.15) is 11.1 Å². The molecule has 0 fully saturated rings. The van der Waals surface area contributed by atoms with Gasteiger partial charge in [0, 0.05) is 19.2 Å². The van der Waals surface area contributed by atoms with Crippen molar-refractivity contribution in [2.75, 3.05) is 13.7 Å². The van der Waals surface area contributed by atoms with Crippen LogP contribution in [0.15, 0.2) is 24.3 Å². The monoisotopic (exact) mass is 254 g/mol. The Kier molecular flexibility index (Phi) is 5.12. The summed E-state index contributed by atoms with van der Waals surface area (Å²) in [6.45, 7) is -0.0734. The maximum atomic E-state index is 11.2. The van der Waals surface area contributed by atoms with Crippen LogP contribution in [0.3, 0.4) is 0 Å². The van der Waals surface area contributed by atoms with Gasteiger partial charge in [-0.15, -0.1) is 0 Å². The normalized spacial score (nSPS) is 10.7. The summed E-state index contributed by atoms with van der Waals surface area (Å²) in [5.74, 6) is 5.29.